The molecule has 0 aliphatic carbocycles. The van der Waals surface area contributed by atoms with E-state index in [4.69, 9.17) is 0 Å². The highest BCUT2D eigenvalue weighted by Crippen LogP contribution is 2.36. The van der Waals surface area contributed by atoms with Gasteiger partial charge in [-0.25, -0.2) is 31.9 Å². The molecule has 2 N–H and O–H groups in total. The minimum Gasteiger partial charge on any atom is -0.391 e. The average Bonchev–Trinajstić information content (AvgIpc) is 3.19. The molecule has 4 heterocycles. The number of aliphatic hydroxyl groups excluding tert-OH is 1. The Hall–Kier alpha value is -3.94. The highest BCUT2D eigenvalue weighted by Gasteiger charge is 2.53. The van der Waals surface area contributed by atoms with Crippen molar-refractivity contribution >= 4 is 28.7 Å². The summed E-state index contributed by atoms with van der Waals surface area (Å²) in [6.07, 6.45) is -0.0463. The Bertz CT molecular complexity index is 1520. The summed E-state index contributed by atoms with van der Waals surface area (Å²) in [5, 5.41) is 11.5. The predicted molar refractivity (Wildman–Crippen MR) is 130 cm³/mol. The molecule has 0 radical (unpaired) electrons. The molecule has 1 aliphatic rings. The summed E-state index contributed by atoms with van der Waals surface area (Å²) >= 11 is 0. The number of anilines is 1. The number of aliphatic hydroxyl groups is 1. The van der Waals surface area contributed by atoms with Crippen molar-refractivity contribution in [3.05, 3.63) is 58.0 Å². The topological polar surface area (TPSA) is 117 Å². The van der Waals surface area contributed by atoms with Crippen molar-refractivity contribution in [1.29, 1.82) is 0 Å². The van der Waals surface area contributed by atoms with Crippen molar-refractivity contribution in [3.63, 3.8) is 0 Å². The quantitative estimate of drug-likeness (QED) is 0.435. The molecule has 39 heavy (non-hydrogen) atoms. The molecular formula is C25H24F5N5O4. The van der Waals surface area contributed by atoms with Gasteiger partial charge in [-0.05, 0) is 32.4 Å². The van der Waals surface area contributed by atoms with Crippen LogP contribution in [0.5, 0.6) is 0 Å². The minimum absolute atomic E-state index is 0.00668. The number of β-amino-alcohol motifs (C(OH)–C–C–N with tert-alkyl or cyclic N) is 1. The highest BCUT2D eigenvalue weighted by molar-refractivity contribution is 5.99. The van der Waals surface area contributed by atoms with Gasteiger partial charge in [-0.15, -0.1) is 0 Å². The van der Waals surface area contributed by atoms with Crippen molar-refractivity contribution in [3.8, 4) is 5.82 Å². The third-order valence-electron chi connectivity index (χ3n) is 6.42. The minimum atomic E-state index is -4.01. The third-order valence-corrected chi connectivity index (χ3v) is 6.42. The number of aromatic nitrogens is 3. The van der Waals surface area contributed by atoms with Crippen LogP contribution in [0.3, 0.4) is 0 Å². The van der Waals surface area contributed by atoms with Gasteiger partial charge in [0.2, 0.25) is 11.3 Å². The Balaban J connectivity index is 1.90. The number of rotatable bonds is 7. The van der Waals surface area contributed by atoms with Crippen molar-refractivity contribution < 1.29 is 36.6 Å². The lowest BCUT2D eigenvalue weighted by Crippen LogP contribution is -2.56. The first kappa shape index (κ1) is 28.1. The van der Waals surface area contributed by atoms with E-state index >= 15 is 0 Å². The molecule has 0 aromatic carbocycles. The second-order valence-electron chi connectivity index (χ2n) is 9.63. The molecule has 4 rings (SSSR count). The first-order valence-corrected chi connectivity index (χ1v) is 11.9. The summed E-state index contributed by atoms with van der Waals surface area (Å²) in [6, 6.07) is 0.938. The first-order valence-electron chi connectivity index (χ1n) is 11.9. The second-order valence-corrected chi connectivity index (χ2v) is 9.63. The van der Waals surface area contributed by atoms with E-state index < -0.39 is 64.0 Å². The number of hydrogen-bond donors (Lipinski definition) is 2. The molecule has 208 valence electrons. The Labute approximate surface area is 218 Å². The number of alkyl halides is 3. The maximum atomic E-state index is 14.8. The zero-order valence-electron chi connectivity index (χ0n) is 21.0. The predicted octanol–water partition coefficient (Wildman–Crippen LogP) is 3.05. The van der Waals surface area contributed by atoms with E-state index in [1.54, 1.807) is 0 Å². The fourth-order valence-corrected chi connectivity index (χ4v) is 4.26. The van der Waals surface area contributed by atoms with Crippen LogP contribution >= 0.6 is 0 Å². The molecule has 1 fully saturated rings. The van der Waals surface area contributed by atoms with Crippen LogP contribution in [0, 0.1) is 11.6 Å². The van der Waals surface area contributed by atoms with E-state index in [0.29, 0.717) is 26.1 Å². The SMILES string of the molecule is CCC(NC(=O)c1cn(-c2ncc(F)cc2F)c2nc(N3C[C@@H](O)CC3=O)ccc2c1=O)C(F)(F)C(C)(C)F. The van der Waals surface area contributed by atoms with Crippen LogP contribution in [-0.4, -0.2) is 61.7 Å². The van der Waals surface area contributed by atoms with Crippen molar-refractivity contribution in [2.45, 2.75) is 57.3 Å². The molecule has 9 nitrogen and oxygen atoms in total. The lowest BCUT2D eigenvalue weighted by Gasteiger charge is -2.33. The Morgan fingerprint density at radius 2 is 1.92 bits per heavy atom. The largest absolute Gasteiger partial charge is 0.391 e. The summed E-state index contributed by atoms with van der Waals surface area (Å²) in [6.45, 7) is 2.51. The maximum absolute atomic E-state index is 14.8. The number of pyridine rings is 3. The summed E-state index contributed by atoms with van der Waals surface area (Å²) in [5.74, 6) is -8.59. The lowest BCUT2D eigenvalue weighted by atomic mass is 9.93. The lowest BCUT2D eigenvalue weighted by molar-refractivity contribution is -0.141. The number of hydrogen-bond acceptors (Lipinski definition) is 6. The molecule has 2 atom stereocenters. The zero-order valence-corrected chi connectivity index (χ0v) is 21.0. The molecule has 14 heteroatoms. The molecule has 0 bridgehead atoms. The second kappa shape index (κ2) is 9.98. The van der Waals surface area contributed by atoms with Gasteiger partial charge in [-0.2, -0.15) is 0 Å². The molecular weight excluding hydrogens is 529 g/mol. The van der Waals surface area contributed by atoms with Gasteiger partial charge in [0.05, 0.1) is 36.7 Å². The van der Waals surface area contributed by atoms with Crippen LogP contribution in [0.4, 0.5) is 27.8 Å². The van der Waals surface area contributed by atoms with Gasteiger partial charge < -0.3 is 10.4 Å². The Morgan fingerprint density at radius 1 is 1.23 bits per heavy atom. The third kappa shape index (κ3) is 5.07. The summed E-state index contributed by atoms with van der Waals surface area (Å²) in [7, 11) is 0. The zero-order chi connectivity index (χ0) is 28.9. The van der Waals surface area contributed by atoms with E-state index in [9.17, 15) is 41.4 Å². The van der Waals surface area contributed by atoms with Crippen LogP contribution < -0.4 is 15.6 Å². The highest BCUT2D eigenvalue weighted by atomic mass is 19.3. The maximum Gasteiger partial charge on any atom is 0.300 e. The van der Waals surface area contributed by atoms with Gasteiger partial charge in [0, 0.05) is 12.3 Å². The number of halogens is 5. The fourth-order valence-electron chi connectivity index (χ4n) is 4.26. The molecule has 3 aromatic heterocycles. The Morgan fingerprint density at radius 3 is 2.49 bits per heavy atom. The van der Waals surface area contributed by atoms with Crippen LogP contribution in [0.1, 0.15) is 44.0 Å². The van der Waals surface area contributed by atoms with Crippen LogP contribution in [0.2, 0.25) is 0 Å². The number of amides is 2. The van der Waals surface area contributed by atoms with Gasteiger partial charge in [0.1, 0.15) is 17.2 Å². The van der Waals surface area contributed by atoms with Crippen LogP contribution in [-0.2, 0) is 4.79 Å². The summed E-state index contributed by atoms with van der Waals surface area (Å²) in [5.41, 5.74) is -5.00. The number of nitrogens with zero attached hydrogens (tertiary/aromatic N) is 4. The standard InChI is InChI=1S/C25H24F5N5O4/c1-4-17(25(29,30)24(2,3)28)32-23(39)15-11-35(22-16(27)7-12(26)9-31-22)21-14(20(15)38)5-6-18(33-21)34-10-13(36)8-19(34)37/h5-7,9,11,13,17,36H,4,8,10H2,1-3H3,(H,32,39)/t13-,17?/m0/s1. The number of carbonyl (C=O) groups excluding carboxylic acids is 2. The molecule has 0 spiro atoms. The molecule has 1 aliphatic heterocycles. The van der Waals surface area contributed by atoms with Crippen LogP contribution in [0.15, 0.2) is 35.4 Å². The molecule has 1 unspecified atom stereocenters. The summed E-state index contributed by atoms with van der Waals surface area (Å²) in [4.78, 5) is 47.7. The molecule has 0 saturated carbocycles. The van der Waals surface area contributed by atoms with Crippen molar-refractivity contribution in [1.82, 2.24) is 19.9 Å². The normalized spacial score (nSPS) is 17.1. The van der Waals surface area contributed by atoms with E-state index in [1.165, 1.54) is 19.1 Å². The van der Waals surface area contributed by atoms with E-state index in [2.05, 4.69) is 9.97 Å². The smallest absolute Gasteiger partial charge is 0.300 e. The van der Waals surface area contributed by atoms with Crippen LogP contribution in [0.25, 0.3) is 16.9 Å². The molecule has 3 aromatic rings. The van der Waals surface area contributed by atoms with Crippen molar-refractivity contribution in [2.24, 2.45) is 0 Å². The van der Waals surface area contributed by atoms with E-state index in [-0.39, 0.29) is 36.2 Å². The average molecular weight is 553 g/mol. The number of nitrogens with one attached hydrogen (secondary N) is 1. The Kier molecular flexibility index (Phi) is 7.19. The van der Waals surface area contributed by atoms with Gasteiger partial charge in [-0.3, -0.25) is 23.9 Å². The van der Waals surface area contributed by atoms with E-state index in [0.717, 1.165) is 15.7 Å². The van der Waals surface area contributed by atoms with Crippen molar-refractivity contribution in [2.75, 3.05) is 11.4 Å². The van der Waals surface area contributed by atoms with E-state index in [1.807, 2.05) is 5.32 Å². The fraction of sp³-hybridized carbons (Fsp3) is 0.400. The first-order chi connectivity index (χ1) is 18.2. The van der Waals surface area contributed by atoms with Gasteiger partial charge in [0.15, 0.2) is 23.0 Å². The molecule has 1 saturated heterocycles. The number of carbonyl (C=O) groups is 2. The van der Waals surface area contributed by atoms with Gasteiger partial charge in [0.25, 0.3) is 11.8 Å². The van der Waals surface area contributed by atoms with Gasteiger partial charge >= 0.3 is 0 Å². The summed E-state index contributed by atoms with van der Waals surface area (Å²) < 4.78 is 72.8. The van der Waals surface area contributed by atoms with Gasteiger partial charge in [-0.1, -0.05) is 6.92 Å². The monoisotopic (exact) mass is 553 g/mol. The number of fused-ring (bicyclic) bond motifs is 1. The molecule has 2 amide bonds.